The molecule has 0 radical (unpaired) electrons. The zero-order valence-electron chi connectivity index (χ0n) is 19.2. The van der Waals surface area contributed by atoms with E-state index < -0.39 is 0 Å². The van der Waals surface area contributed by atoms with E-state index in [1.54, 1.807) is 0 Å². The number of hydrogen-bond donors (Lipinski definition) is 1. The SMILES string of the molecule is CCOC(=O)CC1CCc2c1[nH]c1ccc(OCc3ccc(C4CCCC4)c(C)c3)cc21. The van der Waals surface area contributed by atoms with Crippen molar-refractivity contribution in [2.45, 2.75) is 77.2 Å². The lowest BCUT2D eigenvalue weighted by Crippen LogP contribution is -2.08. The number of ether oxygens (including phenoxy) is 2. The summed E-state index contributed by atoms with van der Waals surface area (Å²) in [5.41, 5.74) is 7.78. The number of rotatable bonds is 7. The molecule has 0 amide bonds. The van der Waals surface area contributed by atoms with Gasteiger partial charge in [0.15, 0.2) is 0 Å². The first-order chi connectivity index (χ1) is 15.6. The van der Waals surface area contributed by atoms with Crippen LogP contribution >= 0.6 is 0 Å². The fraction of sp³-hybridized carbons (Fsp3) is 0.464. The van der Waals surface area contributed by atoms with Crippen LogP contribution in [-0.4, -0.2) is 17.6 Å². The summed E-state index contributed by atoms with van der Waals surface area (Å²) in [6.45, 7) is 5.11. The van der Waals surface area contributed by atoms with E-state index in [0.717, 1.165) is 30.0 Å². The van der Waals surface area contributed by atoms with Crippen LogP contribution in [0.1, 0.15) is 85.2 Å². The van der Waals surface area contributed by atoms with Crippen molar-refractivity contribution in [2.24, 2.45) is 0 Å². The molecule has 4 nitrogen and oxygen atoms in total. The minimum atomic E-state index is -0.109. The molecule has 4 heteroatoms. The quantitative estimate of drug-likeness (QED) is 0.424. The van der Waals surface area contributed by atoms with Crippen molar-refractivity contribution in [3.8, 4) is 5.75 Å². The summed E-state index contributed by atoms with van der Waals surface area (Å²) in [5.74, 6) is 1.76. The molecule has 2 aliphatic rings. The van der Waals surface area contributed by atoms with Crippen molar-refractivity contribution >= 4 is 16.9 Å². The van der Waals surface area contributed by atoms with Crippen LogP contribution in [0.2, 0.25) is 0 Å². The molecular formula is C28H33NO3. The first kappa shape index (κ1) is 21.1. The molecule has 1 unspecified atom stereocenters. The average molecular weight is 432 g/mol. The molecule has 0 aliphatic heterocycles. The second-order valence-corrected chi connectivity index (χ2v) is 9.43. The van der Waals surface area contributed by atoms with Crippen LogP contribution in [0.4, 0.5) is 0 Å². The molecule has 1 N–H and O–H groups in total. The summed E-state index contributed by atoms with van der Waals surface area (Å²) in [6.07, 6.45) is 7.83. The van der Waals surface area contributed by atoms with Crippen molar-refractivity contribution in [2.75, 3.05) is 6.61 Å². The third-order valence-electron chi connectivity index (χ3n) is 7.31. The predicted molar refractivity (Wildman–Crippen MR) is 127 cm³/mol. The van der Waals surface area contributed by atoms with Gasteiger partial charge < -0.3 is 14.5 Å². The molecule has 3 aromatic rings. The van der Waals surface area contributed by atoms with Crippen molar-refractivity contribution in [3.05, 3.63) is 64.3 Å². The maximum Gasteiger partial charge on any atom is 0.306 e. The van der Waals surface area contributed by atoms with Gasteiger partial charge in [-0.25, -0.2) is 0 Å². The van der Waals surface area contributed by atoms with Crippen molar-refractivity contribution in [1.29, 1.82) is 0 Å². The normalized spacial score (nSPS) is 18.2. The number of carbonyl (C=O) groups excluding carboxylic acids is 1. The second-order valence-electron chi connectivity index (χ2n) is 9.43. The third kappa shape index (κ3) is 4.15. The fourth-order valence-electron chi connectivity index (χ4n) is 5.73. The van der Waals surface area contributed by atoms with E-state index in [1.807, 2.05) is 13.0 Å². The Morgan fingerprint density at radius 3 is 2.72 bits per heavy atom. The van der Waals surface area contributed by atoms with Crippen LogP contribution in [0, 0.1) is 6.92 Å². The molecule has 1 fully saturated rings. The van der Waals surface area contributed by atoms with E-state index in [9.17, 15) is 4.79 Å². The van der Waals surface area contributed by atoms with Crippen LogP contribution in [0.25, 0.3) is 10.9 Å². The Hall–Kier alpha value is -2.75. The lowest BCUT2D eigenvalue weighted by atomic mass is 9.92. The Labute approximate surface area is 190 Å². The Balaban J connectivity index is 1.29. The number of carbonyl (C=O) groups is 1. The minimum absolute atomic E-state index is 0.109. The van der Waals surface area contributed by atoms with Crippen LogP contribution in [0.3, 0.4) is 0 Å². The molecule has 1 atom stereocenters. The molecule has 32 heavy (non-hydrogen) atoms. The topological polar surface area (TPSA) is 51.3 Å². The summed E-state index contributed by atoms with van der Waals surface area (Å²) in [6, 6.07) is 13.1. The van der Waals surface area contributed by atoms with Crippen LogP contribution < -0.4 is 4.74 Å². The molecule has 1 saturated carbocycles. The number of aromatic nitrogens is 1. The van der Waals surface area contributed by atoms with Crippen molar-refractivity contribution < 1.29 is 14.3 Å². The van der Waals surface area contributed by atoms with Gasteiger partial charge in [-0.3, -0.25) is 4.79 Å². The zero-order chi connectivity index (χ0) is 22.1. The molecule has 1 aromatic heterocycles. The number of fused-ring (bicyclic) bond motifs is 3. The molecule has 0 saturated heterocycles. The number of aromatic amines is 1. The number of hydrogen-bond acceptors (Lipinski definition) is 3. The smallest absolute Gasteiger partial charge is 0.306 e. The molecule has 0 bridgehead atoms. The van der Waals surface area contributed by atoms with Crippen LogP contribution in [0.5, 0.6) is 5.75 Å². The molecule has 2 aromatic carbocycles. The summed E-state index contributed by atoms with van der Waals surface area (Å²) >= 11 is 0. The van der Waals surface area contributed by atoms with Gasteiger partial charge in [0.2, 0.25) is 0 Å². The minimum Gasteiger partial charge on any atom is -0.489 e. The van der Waals surface area contributed by atoms with Crippen molar-refractivity contribution in [1.82, 2.24) is 4.98 Å². The summed E-state index contributed by atoms with van der Waals surface area (Å²) in [5, 5.41) is 1.22. The van der Waals surface area contributed by atoms with E-state index in [2.05, 4.69) is 42.2 Å². The zero-order valence-corrected chi connectivity index (χ0v) is 19.2. The van der Waals surface area contributed by atoms with E-state index >= 15 is 0 Å². The Bertz CT molecular complexity index is 1120. The maximum absolute atomic E-state index is 12.0. The first-order valence-corrected chi connectivity index (χ1v) is 12.1. The highest BCUT2D eigenvalue weighted by Gasteiger charge is 2.29. The van der Waals surface area contributed by atoms with Gasteiger partial charge in [0.25, 0.3) is 0 Å². The highest BCUT2D eigenvalue weighted by molar-refractivity contribution is 5.87. The van der Waals surface area contributed by atoms with Gasteiger partial charge in [-0.15, -0.1) is 0 Å². The van der Waals surface area contributed by atoms with Gasteiger partial charge in [0.1, 0.15) is 12.4 Å². The number of aryl methyl sites for hydroxylation is 2. The van der Waals surface area contributed by atoms with Crippen LogP contribution in [-0.2, 0) is 22.6 Å². The molecule has 2 aliphatic carbocycles. The maximum atomic E-state index is 12.0. The Morgan fingerprint density at radius 2 is 1.94 bits per heavy atom. The highest BCUT2D eigenvalue weighted by Crippen LogP contribution is 2.40. The molecule has 5 rings (SSSR count). The lowest BCUT2D eigenvalue weighted by Gasteiger charge is -2.15. The standard InChI is InChI=1S/C28H33NO3/c1-3-31-27(30)15-21-9-12-24-25-16-22(10-13-26(25)29-28(21)24)32-17-19-8-11-23(18(2)14-19)20-6-4-5-7-20/h8,10-11,13-14,16,20-21,29H,3-7,9,12,15,17H2,1-2H3. The van der Waals surface area contributed by atoms with Gasteiger partial charge in [0.05, 0.1) is 13.0 Å². The second kappa shape index (κ2) is 9.01. The van der Waals surface area contributed by atoms with Crippen molar-refractivity contribution in [3.63, 3.8) is 0 Å². The molecular weight excluding hydrogens is 398 g/mol. The van der Waals surface area contributed by atoms with E-state index in [4.69, 9.17) is 9.47 Å². The van der Waals surface area contributed by atoms with Gasteiger partial charge in [-0.1, -0.05) is 31.0 Å². The van der Waals surface area contributed by atoms with E-state index in [1.165, 1.54) is 59.0 Å². The summed E-state index contributed by atoms with van der Waals surface area (Å²) in [7, 11) is 0. The lowest BCUT2D eigenvalue weighted by molar-refractivity contribution is -0.143. The average Bonchev–Trinajstić information content (AvgIpc) is 3.51. The number of benzene rings is 2. The molecule has 1 heterocycles. The molecule has 0 spiro atoms. The largest absolute Gasteiger partial charge is 0.489 e. The summed E-state index contributed by atoms with van der Waals surface area (Å²) in [4.78, 5) is 15.5. The van der Waals surface area contributed by atoms with Crippen LogP contribution in [0.15, 0.2) is 36.4 Å². The third-order valence-corrected chi connectivity index (χ3v) is 7.31. The monoisotopic (exact) mass is 431 g/mol. The van der Waals surface area contributed by atoms with Gasteiger partial charge in [0, 0.05) is 22.5 Å². The summed E-state index contributed by atoms with van der Waals surface area (Å²) < 4.78 is 11.3. The predicted octanol–water partition coefficient (Wildman–Crippen LogP) is 6.70. The highest BCUT2D eigenvalue weighted by atomic mass is 16.5. The number of nitrogens with one attached hydrogen (secondary N) is 1. The first-order valence-electron chi connectivity index (χ1n) is 12.1. The number of H-pyrrole nitrogens is 1. The van der Waals surface area contributed by atoms with Gasteiger partial charge >= 0.3 is 5.97 Å². The number of esters is 1. The Morgan fingerprint density at radius 1 is 1.09 bits per heavy atom. The Kier molecular flexibility index (Phi) is 5.95. The van der Waals surface area contributed by atoms with E-state index in [0.29, 0.717) is 19.6 Å². The van der Waals surface area contributed by atoms with Gasteiger partial charge in [-0.05, 0) is 85.9 Å². The molecule has 168 valence electrons. The van der Waals surface area contributed by atoms with Gasteiger partial charge in [-0.2, -0.15) is 0 Å². The fourth-order valence-corrected chi connectivity index (χ4v) is 5.73. The van der Waals surface area contributed by atoms with E-state index in [-0.39, 0.29) is 11.9 Å².